The molecular weight excluding hydrogens is 372 g/mol. The molecule has 1 aliphatic rings. The largest absolute Gasteiger partial charge is 0.341 e. The first-order valence-electron chi connectivity index (χ1n) is 9.89. The van der Waals surface area contributed by atoms with Gasteiger partial charge in [-0.1, -0.05) is 49.0 Å². The van der Waals surface area contributed by atoms with Crippen LogP contribution in [0.5, 0.6) is 0 Å². The summed E-state index contributed by atoms with van der Waals surface area (Å²) >= 11 is 1.59. The Hall–Kier alpha value is -2.35. The highest BCUT2D eigenvalue weighted by Crippen LogP contribution is 2.36. The van der Waals surface area contributed by atoms with Crippen LogP contribution in [-0.2, 0) is 0 Å². The summed E-state index contributed by atoms with van der Waals surface area (Å²) in [7, 11) is 0. The second-order valence-corrected chi connectivity index (χ2v) is 8.71. The van der Waals surface area contributed by atoms with Gasteiger partial charge >= 0.3 is 0 Å². The highest BCUT2D eigenvalue weighted by atomic mass is 32.2. The Morgan fingerprint density at radius 2 is 1.75 bits per heavy atom. The van der Waals surface area contributed by atoms with Crippen LogP contribution in [0, 0.1) is 0 Å². The molecule has 8 heteroatoms. The summed E-state index contributed by atoms with van der Waals surface area (Å²) in [5, 5.41) is 14.0. The second-order valence-electron chi connectivity index (χ2n) is 7.41. The average molecular weight is 399 g/mol. The first-order chi connectivity index (χ1) is 13.6. The number of para-hydroxylation sites is 1. The minimum atomic E-state index is -0.0131. The molecule has 4 rings (SSSR count). The van der Waals surface area contributed by atoms with Crippen molar-refractivity contribution in [2.24, 2.45) is 0 Å². The fraction of sp³-hybridized carbons (Fsp3) is 0.500. The second kappa shape index (κ2) is 8.34. The normalized spacial score (nSPS) is 15.9. The summed E-state index contributed by atoms with van der Waals surface area (Å²) < 4.78 is 7.62. The first-order valence-corrected chi connectivity index (χ1v) is 10.8. The standard InChI is InChI=1S/C20H26N6OS/c1-14(2)17-21-18(27-24-17)15(3)28-20-23-22-19(25-12-8-5-9-13-25)26(20)16-10-6-4-7-11-16/h4,6-7,10-11,14-15H,5,8-9,12-13H2,1-3H3/t15-/m0/s1. The van der Waals surface area contributed by atoms with Gasteiger partial charge in [-0.25, -0.2) is 0 Å². The van der Waals surface area contributed by atoms with Gasteiger partial charge in [0.15, 0.2) is 11.0 Å². The van der Waals surface area contributed by atoms with Gasteiger partial charge in [0.05, 0.1) is 10.9 Å². The highest BCUT2D eigenvalue weighted by molar-refractivity contribution is 7.99. The lowest BCUT2D eigenvalue weighted by Crippen LogP contribution is -2.31. The number of hydrogen-bond donors (Lipinski definition) is 0. The predicted molar refractivity (Wildman–Crippen MR) is 110 cm³/mol. The van der Waals surface area contributed by atoms with Gasteiger partial charge in [-0.3, -0.25) is 4.57 Å². The van der Waals surface area contributed by atoms with Gasteiger partial charge < -0.3 is 9.42 Å². The van der Waals surface area contributed by atoms with Crippen LogP contribution in [0.3, 0.4) is 0 Å². The number of piperidine rings is 1. The van der Waals surface area contributed by atoms with Crippen LogP contribution in [-0.4, -0.2) is 38.0 Å². The number of nitrogens with zero attached hydrogens (tertiary/aromatic N) is 6. The maximum Gasteiger partial charge on any atom is 0.239 e. The summed E-state index contributed by atoms with van der Waals surface area (Å²) in [6.45, 7) is 8.22. The van der Waals surface area contributed by atoms with Gasteiger partial charge in [-0.2, -0.15) is 4.98 Å². The minimum Gasteiger partial charge on any atom is -0.341 e. The lowest BCUT2D eigenvalue weighted by Gasteiger charge is -2.27. The highest BCUT2D eigenvalue weighted by Gasteiger charge is 2.25. The van der Waals surface area contributed by atoms with Crippen LogP contribution < -0.4 is 4.90 Å². The van der Waals surface area contributed by atoms with E-state index in [0.29, 0.717) is 5.89 Å². The molecular formula is C20H26N6OS. The Morgan fingerprint density at radius 1 is 1.00 bits per heavy atom. The maximum atomic E-state index is 5.48. The summed E-state index contributed by atoms with van der Waals surface area (Å²) in [5.41, 5.74) is 1.07. The van der Waals surface area contributed by atoms with Crippen molar-refractivity contribution in [2.45, 2.75) is 56.4 Å². The molecule has 0 radical (unpaired) electrons. The molecule has 0 aliphatic carbocycles. The Kier molecular flexibility index (Phi) is 5.66. The van der Waals surface area contributed by atoms with Crippen LogP contribution in [0.15, 0.2) is 40.0 Å². The zero-order chi connectivity index (χ0) is 19.5. The third-order valence-electron chi connectivity index (χ3n) is 4.87. The Bertz CT molecular complexity index is 901. The van der Waals surface area contributed by atoms with Gasteiger partial charge in [0.2, 0.25) is 11.8 Å². The fourth-order valence-electron chi connectivity index (χ4n) is 3.30. The molecule has 0 bridgehead atoms. The van der Waals surface area contributed by atoms with E-state index in [2.05, 4.69) is 62.7 Å². The lowest BCUT2D eigenvalue weighted by molar-refractivity contribution is 0.373. The van der Waals surface area contributed by atoms with Crippen molar-refractivity contribution in [2.75, 3.05) is 18.0 Å². The summed E-state index contributed by atoms with van der Waals surface area (Å²) in [6, 6.07) is 10.3. The van der Waals surface area contributed by atoms with Crippen LogP contribution in [0.2, 0.25) is 0 Å². The third-order valence-corrected chi connectivity index (χ3v) is 5.90. The summed E-state index contributed by atoms with van der Waals surface area (Å²) in [5.74, 6) is 2.51. The van der Waals surface area contributed by atoms with E-state index in [1.165, 1.54) is 19.3 Å². The van der Waals surface area contributed by atoms with E-state index in [1.54, 1.807) is 11.8 Å². The molecule has 0 saturated carbocycles. The van der Waals surface area contributed by atoms with E-state index in [-0.39, 0.29) is 11.2 Å². The van der Waals surface area contributed by atoms with Gasteiger partial charge in [-0.05, 0) is 38.3 Å². The zero-order valence-corrected chi connectivity index (χ0v) is 17.4. The van der Waals surface area contributed by atoms with E-state index >= 15 is 0 Å². The van der Waals surface area contributed by atoms with Crippen molar-refractivity contribution in [3.05, 3.63) is 42.0 Å². The van der Waals surface area contributed by atoms with Crippen LogP contribution >= 0.6 is 11.8 Å². The third kappa shape index (κ3) is 3.92. The molecule has 0 unspecified atom stereocenters. The molecule has 2 aromatic heterocycles. The molecule has 0 amide bonds. The van der Waals surface area contributed by atoms with Gasteiger partial charge in [0.1, 0.15) is 0 Å². The zero-order valence-electron chi connectivity index (χ0n) is 16.6. The Labute approximate surface area is 169 Å². The molecule has 1 atom stereocenters. The predicted octanol–water partition coefficient (Wildman–Crippen LogP) is 4.62. The SMILES string of the molecule is CC(C)c1noc([C@H](C)Sc2nnc(N3CCCCC3)n2-c2ccccc2)n1. The minimum absolute atomic E-state index is 0.0131. The molecule has 28 heavy (non-hydrogen) atoms. The fourth-order valence-corrected chi connectivity index (χ4v) is 4.19. The number of hydrogen-bond acceptors (Lipinski definition) is 7. The van der Waals surface area contributed by atoms with Gasteiger partial charge in [0, 0.05) is 19.0 Å². The molecule has 3 heterocycles. The molecule has 1 saturated heterocycles. The quantitative estimate of drug-likeness (QED) is 0.561. The van der Waals surface area contributed by atoms with E-state index in [9.17, 15) is 0 Å². The lowest BCUT2D eigenvalue weighted by atomic mass is 10.1. The molecule has 1 fully saturated rings. The molecule has 1 aliphatic heterocycles. The van der Waals surface area contributed by atoms with E-state index in [0.717, 1.165) is 35.7 Å². The number of benzene rings is 1. The molecule has 1 aromatic carbocycles. The number of aromatic nitrogens is 5. The average Bonchev–Trinajstić information content (AvgIpc) is 3.37. The van der Waals surface area contributed by atoms with Crippen molar-refractivity contribution in [3.63, 3.8) is 0 Å². The van der Waals surface area contributed by atoms with Crippen molar-refractivity contribution in [3.8, 4) is 5.69 Å². The number of anilines is 1. The van der Waals surface area contributed by atoms with E-state index in [1.807, 2.05) is 18.2 Å². The van der Waals surface area contributed by atoms with Gasteiger partial charge in [-0.15, -0.1) is 10.2 Å². The van der Waals surface area contributed by atoms with Crippen LogP contribution in [0.1, 0.15) is 62.9 Å². The monoisotopic (exact) mass is 398 g/mol. The van der Waals surface area contributed by atoms with Crippen LogP contribution in [0.4, 0.5) is 5.95 Å². The molecule has 0 N–H and O–H groups in total. The number of rotatable bonds is 6. The van der Waals surface area contributed by atoms with Crippen LogP contribution in [0.25, 0.3) is 5.69 Å². The maximum absolute atomic E-state index is 5.48. The Balaban J connectivity index is 1.65. The first kappa shape index (κ1) is 19.0. The summed E-state index contributed by atoms with van der Waals surface area (Å²) in [6.07, 6.45) is 3.67. The topological polar surface area (TPSA) is 72.9 Å². The summed E-state index contributed by atoms with van der Waals surface area (Å²) in [4.78, 5) is 6.87. The van der Waals surface area contributed by atoms with Crippen molar-refractivity contribution < 1.29 is 4.52 Å². The van der Waals surface area contributed by atoms with Crippen molar-refractivity contribution in [1.29, 1.82) is 0 Å². The van der Waals surface area contributed by atoms with Crippen molar-refractivity contribution in [1.82, 2.24) is 24.9 Å². The smallest absolute Gasteiger partial charge is 0.239 e. The molecule has 3 aromatic rings. The number of thioether (sulfide) groups is 1. The molecule has 7 nitrogen and oxygen atoms in total. The molecule has 148 valence electrons. The molecule has 0 spiro atoms. The van der Waals surface area contributed by atoms with E-state index in [4.69, 9.17) is 4.52 Å². The van der Waals surface area contributed by atoms with Gasteiger partial charge in [0.25, 0.3) is 0 Å². The van der Waals surface area contributed by atoms with E-state index < -0.39 is 0 Å². The Morgan fingerprint density at radius 3 is 2.43 bits per heavy atom. The van der Waals surface area contributed by atoms with Crippen molar-refractivity contribution >= 4 is 17.7 Å².